The van der Waals surface area contributed by atoms with Gasteiger partial charge in [-0.3, -0.25) is 0 Å². The number of hydrogen-bond donors (Lipinski definition) is 1. The quantitative estimate of drug-likeness (QED) is 0.731. The van der Waals surface area contributed by atoms with E-state index in [9.17, 15) is 9.90 Å². The summed E-state index contributed by atoms with van der Waals surface area (Å²) in [5.74, 6) is -0.929. The maximum atomic E-state index is 11.5. The number of aromatic nitrogens is 3. The standard InChI is InChI=1S/C19H20ClN3O2/c1-9(2)15-8-14(19(24)25)21-18-17(12(5)22-23(15)18)16-10(3)6-13(20)7-11(16)4/h6-9H,1-5H3,(H,24,25). The molecule has 25 heavy (non-hydrogen) atoms. The van der Waals surface area contributed by atoms with Crippen LogP contribution in [-0.4, -0.2) is 25.7 Å². The maximum Gasteiger partial charge on any atom is 0.354 e. The SMILES string of the molecule is Cc1cc(Cl)cc(C)c1-c1c(C)nn2c(C(C)C)cc(C(=O)O)nc12. The summed E-state index contributed by atoms with van der Waals surface area (Å²) >= 11 is 6.16. The Morgan fingerprint density at radius 1 is 1.12 bits per heavy atom. The van der Waals surface area contributed by atoms with Gasteiger partial charge in [0.25, 0.3) is 0 Å². The van der Waals surface area contributed by atoms with Crippen LogP contribution in [0.4, 0.5) is 0 Å². The van der Waals surface area contributed by atoms with E-state index >= 15 is 0 Å². The molecule has 6 heteroatoms. The summed E-state index contributed by atoms with van der Waals surface area (Å²) in [6.45, 7) is 9.91. The molecule has 2 heterocycles. The van der Waals surface area contributed by atoms with Crippen LogP contribution >= 0.6 is 11.6 Å². The molecule has 0 saturated carbocycles. The highest BCUT2D eigenvalue weighted by Crippen LogP contribution is 2.35. The molecule has 0 radical (unpaired) electrons. The first-order chi connectivity index (χ1) is 11.7. The lowest BCUT2D eigenvalue weighted by Gasteiger charge is -2.12. The molecular weight excluding hydrogens is 338 g/mol. The number of halogens is 1. The van der Waals surface area contributed by atoms with E-state index in [0.717, 1.165) is 33.6 Å². The largest absolute Gasteiger partial charge is 0.477 e. The summed E-state index contributed by atoms with van der Waals surface area (Å²) in [4.78, 5) is 15.9. The number of rotatable bonds is 3. The van der Waals surface area contributed by atoms with Crippen molar-refractivity contribution < 1.29 is 9.90 Å². The van der Waals surface area contributed by atoms with Gasteiger partial charge >= 0.3 is 5.97 Å². The zero-order valence-electron chi connectivity index (χ0n) is 14.9. The van der Waals surface area contributed by atoms with Crippen LogP contribution in [0, 0.1) is 20.8 Å². The molecule has 0 spiro atoms. The van der Waals surface area contributed by atoms with Gasteiger partial charge in [0, 0.05) is 10.7 Å². The third kappa shape index (κ3) is 2.89. The van der Waals surface area contributed by atoms with E-state index in [1.54, 1.807) is 10.6 Å². The van der Waals surface area contributed by atoms with Gasteiger partial charge in [0.05, 0.1) is 11.3 Å². The number of carboxylic acids is 1. The highest BCUT2D eigenvalue weighted by atomic mass is 35.5. The van der Waals surface area contributed by atoms with Gasteiger partial charge in [-0.05, 0) is 61.6 Å². The van der Waals surface area contributed by atoms with Gasteiger partial charge in [0.1, 0.15) is 0 Å². The second kappa shape index (κ2) is 6.15. The minimum absolute atomic E-state index is 0.0293. The Bertz CT molecular complexity index is 983. The van der Waals surface area contributed by atoms with Crippen molar-refractivity contribution in [2.75, 3.05) is 0 Å². The van der Waals surface area contributed by atoms with Crippen LogP contribution in [-0.2, 0) is 0 Å². The number of carboxylic acid groups (broad SMARTS) is 1. The number of aryl methyl sites for hydroxylation is 3. The lowest BCUT2D eigenvalue weighted by Crippen LogP contribution is -2.09. The molecule has 1 N–H and O–H groups in total. The van der Waals surface area contributed by atoms with Crippen molar-refractivity contribution in [1.29, 1.82) is 0 Å². The predicted octanol–water partition coefficient (Wildman–Crippen LogP) is 4.80. The van der Waals surface area contributed by atoms with Gasteiger partial charge in [-0.15, -0.1) is 0 Å². The Morgan fingerprint density at radius 2 is 1.72 bits per heavy atom. The average molecular weight is 358 g/mol. The maximum absolute atomic E-state index is 11.5. The Labute approximate surface area is 151 Å². The Morgan fingerprint density at radius 3 is 2.24 bits per heavy atom. The monoisotopic (exact) mass is 357 g/mol. The molecule has 2 aromatic heterocycles. The molecule has 130 valence electrons. The highest BCUT2D eigenvalue weighted by molar-refractivity contribution is 6.30. The van der Waals surface area contributed by atoms with Crippen LogP contribution in [0.15, 0.2) is 18.2 Å². The van der Waals surface area contributed by atoms with E-state index in [1.807, 2.05) is 46.8 Å². The molecule has 0 amide bonds. The van der Waals surface area contributed by atoms with Gasteiger partial charge in [-0.2, -0.15) is 5.10 Å². The number of hydrogen-bond acceptors (Lipinski definition) is 3. The molecule has 5 nitrogen and oxygen atoms in total. The average Bonchev–Trinajstić information content (AvgIpc) is 2.81. The molecule has 0 aliphatic rings. The molecule has 1 aromatic carbocycles. The Balaban J connectivity index is 2.45. The lowest BCUT2D eigenvalue weighted by atomic mass is 9.96. The van der Waals surface area contributed by atoms with Gasteiger partial charge in [-0.25, -0.2) is 14.3 Å². The molecule has 0 atom stereocenters. The molecule has 0 fully saturated rings. The first-order valence-corrected chi connectivity index (χ1v) is 8.49. The minimum atomic E-state index is -1.04. The van der Waals surface area contributed by atoms with Crippen LogP contribution in [0.3, 0.4) is 0 Å². The zero-order valence-corrected chi connectivity index (χ0v) is 15.6. The number of fused-ring (bicyclic) bond motifs is 1. The van der Waals surface area contributed by atoms with E-state index in [4.69, 9.17) is 11.6 Å². The summed E-state index contributed by atoms with van der Waals surface area (Å²) < 4.78 is 1.76. The third-order valence-electron chi connectivity index (χ3n) is 4.35. The van der Waals surface area contributed by atoms with Crippen molar-refractivity contribution in [3.63, 3.8) is 0 Å². The minimum Gasteiger partial charge on any atom is -0.477 e. The van der Waals surface area contributed by atoms with Crippen molar-refractivity contribution in [1.82, 2.24) is 14.6 Å². The molecule has 0 saturated heterocycles. The third-order valence-corrected chi connectivity index (χ3v) is 4.57. The van der Waals surface area contributed by atoms with Crippen molar-refractivity contribution >= 4 is 23.2 Å². The van der Waals surface area contributed by atoms with Gasteiger partial charge in [0.15, 0.2) is 11.3 Å². The van der Waals surface area contributed by atoms with Crippen LogP contribution < -0.4 is 0 Å². The molecule has 0 unspecified atom stereocenters. The van der Waals surface area contributed by atoms with Crippen molar-refractivity contribution in [2.24, 2.45) is 0 Å². The molecule has 0 bridgehead atoms. The fraction of sp³-hybridized carbons (Fsp3) is 0.316. The van der Waals surface area contributed by atoms with Crippen LogP contribution in [0.1, 0.15) is 52.8 Å². The van der Waals surface area contributed by atoms with E-state index in [2.05, 4.69) is 10.1 Å². The molecule has 3 aromatic rings. The molecule has 0 aliphatic heterocycles. The normalized spacial score (nSPS) is 11.5. The van der Waals surface area contributed by atoms with Crippen molar-refractivity contribution in [2.45, 2.75) is 40.5 Å². The summed E-state index contributed by atoms with van der Waals surface area (Å²) in [5.41, 5.74) is 6.11. The summed E-state index contributed by atoms with van der Waals surface area (Å²) in [5, 5.41) is 14.8. The number of aromatic carboxylic acids is 1. The summed E-state index contributed by atoms with van der Waals surface area (Å²) in [6, 6.07) is 5.40. The fourth-order valence-corrected chi connectivity index (χ4v) is 3.59. The Kier molecular flexibility index (Phi) is 4.29. The van der Waals surface area contributed by atoms with E-state index in [0.29, 0.717) is 10.7 Å². The van der Waals surface area contributed by atoms with Crippen LogP contribution in [0.5, 0.6) is 0 Å². The van der Waals surface area contributed by atoms with Crippen LogP contribution in [0.2, 0.25) is 5.02 Å². The van der Waals surface area contributed by atoms with Gasteiger partial charge in [-0.1, -0.05) is 25.4 Å². The van der Waals surface area contributed by atoms with Crippen LogP contribution in [0.25, 0.3) is 16.8 Å². The number of carbonyl (C=O) groups is 1. The zero-order chi connectivity index (χ0) is 18.5. The van der Waals surface area contributed by atoms with Gasteiger partial charge in [0.2, 0.25) is 0 Å². The van der Waals surface area contributed by atoms with E-state index in [-0.39, 0.29) is 11.6 Å². The number of benzene rings is 1. The smallest absolute Gasteiger partial charge is 0.354 e. The summed E-state index contributed by atoms with van der Waals surface area (Å²) in [6.07, 6.45) is 0. The second-order valence-corrected chi connectivity index (χ2v) is 7.07. The molecule has 3 rings (SSSR count). The second-order valence-electron chi connectivity index (χ2n) is 6.64. The van der Waals surface area contributed by atoms with Crippen molar-refractivity contribution in [3.05, 3.63) is 51.4 Å². The number of nitrogens with zero attached hydrogens (tertiary/aromatic N) is 3. The lowest BCUT2D eigenvalue weighted by molar-refractivity contribution is 0.0690. The van der Waals surface area contributed by atoms with Gasteiger partial charge < -0.3 is 5.11 Å². The predicted molar refractivity (Wildman–Crippen MR) is 98.7 cm³/mol. The van der Waals surface area contributed by atoms with E-state index in [1.165, 1.54) is 0 Å². The fourth-order valence-electron chi connectivity index (χ4n) is 3.26. The first-order valence-electron chi connectivity index (χ1n) is 8.11. The summed E-state index contributed by atoms with van der Waals surface area (Å²) in [7, 11) is 0. The molecule has 0 aliphatic carbocycles. The highest BCUT2D eigenvalue weighted by Gasteiger charge is 2.22. The topological polar surface area (TPSA) is 67.5 Å². The molecular formula is C19H20ClN3O2. The Hall–Kier alpha value is -2.40. The van der Waals surface area contributed by atoms with Crippen molar-refractivity contribution in [3.8, 4) is 11.1 Å². The van der Waals surface area contributed by atoms with E-state index < -0.39 is 5.97 Å². The first kappa shape index (κ1) is 17.4.